The number of rotatable bonds is 9. The van der Waals surface area contributed by atoms with Gasteiger partial charge in [0.05, 0.1) is 17.1 Å². The molecule has 0 saturated carbocycles. The van der Waals surface area contributed by atoms with E-state index in [0.717, 1.165) is 12.1 Å². The van der Waals surface area contributed by atoms with Crippen molar-refractivity contribution >= 4 is 21.4 Å². The lowest BCUT2D eigenvalue weighted by Crippen LogP contribution is -2.56. The summed E-state index contributed by atoms with van der Waals surface area (Å²) in [5.74, 6) is -0.685. The topological polar surface area (TPSA) is 72.5 Å². The van der Waals surface area contributed by atoms with E-state index in [2.05, 4.69) is 10.1 Å². The molecule has 0 aliphatic rings. The lowest BCUT2D eigenvalue weighted by atomic mass is 9.91. The van der Waals surface area contributed by atoms with E-state index in [0.29, 0.717) is 17.7 Å². The zero-order valence-corrected chi connectivity index (χ0v) is 19.1. The van der Waals surface area contributed by atoms with E-state index in [9.17, 15) is 39.6 Å². The number of alkyl halides is 6. The fraction of sp³-hybridized carbons (Fsp3) is 0.409. The fourth-order valence-corrected chi connectivity index (χ4v) is 4.03. The molecule has 188 valence electrons. The number of anilines is 1. The second-order valence-electron chi connectivity index (χ2n) is 7.37. The van der Waals surface area contributed by atoms with E-state index in [1.165, 1.54) is 38.1 Å². The summed E-state index contributed by atoms with van der Waals surface area (Å²) in [4.78, 5) is 12.3. The van der Waals surface area contributed by atoms with Gasteiger partial charge in [0.1, 0.15) is 0 Å². The summed E-state index contributed by atoms with van der Waals surface area (Å²) in [6, 6.07) is 8.64. The average Bonchev–Trinajstić information content (AvgIpc) is 2.73. The molecule has 2 aromatic carbocycles. The van der Waals surface area contributed by atoms with Crippen molar-refractivity contribution in [2.45, 2.75) is 49.5 Å². The normalized spacial score (nSPS) is 13.1. The third-order valence-electron chi connectivity index (χ3n) is 4.92. The Hall–Kier alpha value is -2.60. The van der Waals surface area contributed by atoms with Crippen LogP contribution in [0.5, 0.6) is 0 Å². The van der Waals surface area contributed by atoms with Gasteiger partial charge in [0.15, 0.2) is 9.84 Å². The first-order valence-corrected chi connectivity index (χ1v) is 11.8. The van der Waals surface area contributed by atoms with Crippen LogP contribution in [0.3, 0.4) is 0 Å². The molecule has 2 aromatic rings. The molecule has 12 heteroatoms. The number of hydrogen-bond donors (Lipinski definition) is 1. The zero-order valence-electron chi connectivity index (χ0n) is 18.3. The van der Waals surface area contributed by atoms with Gasteiger partial charge >= 0.3 is 12.4 Å². The van der Waals surface area contributed by atoms with E-state index in [-0.39, 0.29) is 29.2 Å². The molecule has 0 heterocycles. The molecule has 0 atom stereocenters. The summed E-state index contributed by atoms with van der Waals surface area (Å²) < 4.78 is 110. The Balaban J connectivity index is 2.21. The van der Waals surface area contributed by atoms with Crippen LogP contribution in [-0.4, -0.2) is 39.0 Å². The highest BCUT2D eigenvalue weighted by Gasteiger charge is 2.73. The largest absolute Gasteiger partial charge is 0.430 e. The van der Waals surface area contributed by atoms with Crippen LogP contribution in [0, 0.1) is 0 Å². The SMILES string of the molecule is CCCOC(c1ccc(NC(=O)Cc2ccc(S(=O)(=O)CC)cc2)cc1)(C(F)(F)F)C(F)(F)F. The number of carbonyl (C=O) groups is 1. The van der Waals surface area contributed by atoms with Gasteiger partial charge in [0, 0.05) is 17.9 Å². The maximum Gasteiger partial charge on any atom is 0.430 e. The number of sulfone groups is 1. The number of nitrogens with one attached hydrogen (secondary N) is 1. The third-order valence-corrected chi connectivity index (χ3v) is 6.67. The van der Waals surface area contributed by atoms with Crippen LogP contribution in [0.1, 0.15) is 31.4 Å². The van der Waals surface area contributed by atoms with Crippen molar-refractivity contribution in [1.29, 1.82) is 0 Å². The van der Waals surface area contributed by atoms with E-state index in [1.807, 2.05) is 0 Å². The van der Waals surface area contributed by atoms with Gasteiger partial charge in [-0.3, -0.25) is 4.79 Å². The van der Waals surface area contributed by atoms with Crippen molar-refractivity contribution in [1.82, 2.24) is 0 Å². The molecule has 0 spiro atoms. The standard InChI is InChI=1S/C22H23F6NO4S/c1-3-13-33-20(21(23,24)25,22(26,27)28)16-7-9-17(10-8-16)29-19(30)14-15-5-11-18(12-6-15)34(31,32)4-2/h5-12H,3-4,13-14H2,1-2H3,(H,29,30). The monoisotopic (exact) mass is 511 g/mol. The molecule has 0 radical (unpaired) electrons. The van der Waals surface area contributed by atoms with Gasteiger partial charge in [-0.05, 0) is 36.2 Å². The summed E-state index contributed by atoms with van der Waals surface area (Å²) in [6.45, 7) is 2.10. The summed E-state index contributed by atoms with van der Waals surface area (Å²) >= 11 is 0. The highest BCUT2D eigenvalue weighted by molar-refractivity contribution is 7.91. The number of carbonyl (C=O) groups excluding carboxylic acids is 1. The molecule has 0 fully saturated rings. The third kappa shape index (κ3) is 5.90. The number of hydrogen-bond acceptors (Lipinski definition) is 4. The van der Waals surface area contributed by atoms with Gasteiger partial charge in [0.25, 0.3) is 5.60 Å². The summed E-state index contributed by atoms with van der Waals surface area (Å²) in [6.07, 6.45) is -11.8. The Labute approximate surface area is 193 Å². The Kier molecular flexibility index (Phi) is 8.41. The maximum absolute atomic E-state index is 13.6. The molecule has 2 rings (SSSR count). The first-order valence-electron chi connectivity index (χ1n) is 10.2. The smallest absolute Gasteiger partial charge is 0.354 e. The minimum absolute atomic E-state index is 0.0207. The molecule has 0 saturated heterocycles. The minimum Gasteiger partial charge on any atom is -0.354 e. The van der Waals surface area contributed by atoms with Gasteiger partial charge in [-0.25, -0.2) is 8.42 Å². The number of halogens is 6. The maximum atomic E-state index is 13.6. The van der Waals surface area contributed by atoms with Gasteiger partial charge in [-0.15, -0.1) is 0 Å². The second kappa shape index (κ2) is 10.3. The average molecular weight is 511 g/mol. The van der Waals surface area contributed by atoms with Crippen LogP contribution in [0.25, 0.3) is 0 Å². The van der Waals surface area contributed by atoms with Crippen LogP contribution in [0.2, 0.25) is 0 Å². The Morgan fingerprint density at radius 1 is 0.882 bits per heavy atom. The summed E-state index contributed by atoms with van der Waals surface area (Å²) in [5.41, 5.74) is -5.22. The molecule has 0 unspecified atom stereocenters. The van der Waals surface area contributed by atoms with Crippen molar-refractivity contribution in [2.75, 3.05) is 17.7 Å². The van der Waals surface area contributed by atoms with Crippen LogP contribution >= 0.6 is 0 Å². The first-order chi connectivity index (χ1) is 15.7. The summed E-state index contributed by atoms with van der Waals surface area (Å²) in [7, 11) is -3.41. The van der Waals surface area contributed by atoms with Gasteiger partial charge in [0.2, 0.25) is 5.91 Å². The first kappa shape index (κ1) is 27.6. The molecular weight excluding hydrogens is 488 g/mol. The van der Waals surface area contributed by atoms with Crippen molar-refractivity contribution < 1.29 is 44.3 Å². The van der Waals surface area contributed by atoms with E-state index in [4.69, 9.17) is 0 Å². The Morgan fingerprint density at radius 2 is 1.41 bits per heavy atom. The van der Waals surface area contributed by atoms with E-state index < -0.39 is 45.9 Å². The minimum atomic E-state index is -5.78. The molecule has 0 bridgehead atoms. The molecule has 0 aromatic heterocycles. The molecule has 1 amide bonds. The molecule has 0 aliphatic carbocycles. The molecule has 5 nitrogen and oxygen atoms in total. The van der Waals surface area contributed by atoms with Crippen molar-refractivity contribution in [3.63, 3.8) is 0 Å². The highest BCUT2D eigenvalue weighted by atomic mass is 32.2. The molecular formula is C22H23F6NO4S. The van der Waals surface area contributed by atoms with E-state index in [1.54, 1.807) is 0 Å². The molecule has 0 aliphatic heterocycles. The van der Waals surface area contributed by atoms with Crippen LogP contribution in [0.15, 0.2) is 53.4 Å². The predicted octanol–water partition coefficient (Wildman–Crippen LogP) is 5.41. The van der Waals surface area contributed by atoms with Gasteiger partial charge in [-0.1, -0.05) is 38.1 Å². The van der Waals surface area contributed by atoms with E-state index >= 15 is 0 Å². The van der Waals surface area contributed by atoms with Crippen molar-refractivity contribution in [3.05, 3.63) is 59.7 Å². The van der Waals surface area contributed by atoms with Gasteiger partial charge in [-0.2, -0.15) is 26.3 Å². The Bertz CT molecular complexity index is 1060. The van der Waals surface area contributed by atoms with Crippen LogP contribution in [0.4, 0.5) is 32.0 Å². The number of benzene rings is 2. The molecule has 1 N–H and O–H groups in total. The predicted molar refractivity (Wildman–Crippen MR) is 113 cm³/mol. The Morgan fingerprint density at radius 3 is 1.85 bits per heavy atom. The van der Waals surface area contributed by atoms with Crippen molar-refractivity contribution in [3.8, 4) is 0 Å². The fourth-order valence-electron chi connectivity index (χ4n) is 3.15. The second-order valence-corrected chi connectivity index (χ2v) is 9.65. The van der Waals surface area contributed by atoms with Gasteiger partial charge < -0.3 is 10.1 Å². The molecule has 34 heavy (non-hydrogen) atoms. The van der Waals surface area contributed by atoms with Crippen LogP contribution < -0.4 is 5.32 Å². The number of ether oxygens (including phenoxy) is 1. The van der Waals surface area contributed by atoms with Crippen LogP contribution in [-0.2, 0) is 31.4 Å². The lowest BCUT2D eigenvalue weighted by Gasteiger charge is -2.37. The number of amides is 1. The summed E-state index contributed by atoms with van der Waals surface area (Å²) in [5, 5.41) is 2.39. The lowest BCUT2D eigenvalue weighted by molar-refractivity contribution is -0.389. The quantitative estimate of drug-likeness (QED) is 0.457. The zero-order chi connectivity index (χ0) is 25.8. The highest BCUT2D eigenvalue weighted by Crippen LogP contribution is 2.53. The van der Waals surface area contributed by atoms with Crippen molar-refractivity contribution in [2.24, 2.45) is 0 Å².